The van der Waals surface area contributed by atoms with Gasteiger partial charge < -0.3 is 25.5 Å². The van der Waals surface area contributed by atoms with Crippen LogP contribution in [0.5, 0.6) is 0 Å². The largest absolute Gasteiger partial charge is 0.481 e. The zero-order valence-electron chi connectivity index (χ0n) is 10.4. The summed E-state index contributed by atoms with van der Waals surface area (Å²) in [4.78, 5) is 34.6. The van der Waals surface area contributed by atoms with Crippen LogP contribution in [-0.2, 0) is 9.59 Å². The number of hydrogen-bond acceptors (Lipinski definition) is 4. The molecule has 1 fully saturated rings. The summed E-state index contributed by atoms with van der Waals surface area (Å²) in [6, 6.07) is -2.10. The van der Waals surface area contributed by atoms with E-state index in [1.165, 1.54) is 4.90 Å². The minimum absolute atomic E-state index is 0.166. The fourth-order valence-electron chi connectivity index (χ4n) is 2.05. The number of aliphatic carboxylic acids is 2. The molecule has 2 amide bonds. The van der Waals surface area contributed by atoms with Gasteiger partial charge in [-0.3, -0.25) is 4.79 Å². The molecule has 1 aliphatic heterocycles. The van der Waals surface area contributed by atoms with Crippen LogP contribution in [0.1, 0.15) is 25.7 Å². The predicted octanol–water partition coefficient (Wildman–Crippen LogP) is -0.529. The quantitative estimate of drug-likeness (QED) is 0.515. The number of rotatable bonds is 6. The van der Waals surface area contributed by atoms with Gasteiger partial charge in [0.25, 0.3) is 0 Å². The molecule has 2 atom stereocenters. The van der Waals surface area contributed by atoms with Gasteiger partial charge in [-0.1, -0.05) is 0 Å². The van der Waals surface area contributed by atoms with Crippen molar-refractivity contribution in [2.45, 2.75) is 37.8 Å². The second-order valence-corrected chi connectivity index (χ2v) is 4.44. The third-order valence-electron chi connectivity index (χ3n) is 3.09. The normalized spacial score (nSPS) is 20.1. The first-order valence-corrected chi connectivity index (χ1v) is 6.08. The number of aliphatic hydroxyl groups excluding tert-OH is 1. The Kier molecular flexibility index (Phi) is 5.56. The van der Waals surface area contributed by atoms with E-state index in [9.17, 15) is 14.4 Å². The molecule has 4 N–H and O–H groups in total. The number of aliphatic hydroxyl groups is 1. The molecular weight excluding hydrogens is 256 g/mol. The number of carboxylic acid groups (broad SMARTS) is 2. The van der Waals surface area contributed by atoms with Crippen molar-refractivity contribution < 1.29 is 29.7 Å². The Morgan fingerprint density at radius 1 is 1.32 bits per heavy atom. The Labute approximate surface area is 110 Å². The highest BCUT2D eigenvalue weighted by molar-refractivity contribution is 5.83. The first kappa shape index (κ1) is 15.2. The molecule has 2 unspecified atom stereocenters. The van der Waals surface area contributed by atoms with E-state index < -0.39 is 24.0 Å². The smallest absolute Gasteiger partial charge is 0.326 e. The lowest BCUT2D eigenvalue weighted by Crippen LogP contribution is -2.50. The molecule has 19 heavy (non-hydrogen) atoms. The van der Waals surface area contributed by atoms with E-state index in [-0.39, 0.29) is 25.5 Å². The van der Waals surface area contributed by atoms with Crippen LogP contribution < -0.4 is 5.32 Å². The molecule has 0 aromatic carbocycles. The highest BCUT2D eigenvalue weighted by Gasteiger charge is 2.30. The molecular formula is C11H18N2O6. The van der Waals surface area contributed by atoms with Crippen molar-refractivity contribution >= 4 is 18.0 Å². The van der Waals surface area contributed by atoms with E-state index in [1.54, 1.807) is 0 Å². The molecule has 0 aliphatic carbocycles. The molecule has 1 heterocycles. The highest BCUT2D eigenvalue weighted by Crippen LogP contribution is 2.16. The maximum atomic E-state index is 11.9. The van der Waals surface area contributed by atoms with Gasteiger partial charge in [-0.15, -0.1) is 0 Å². The number of carbonyl (C=O) groups is 3. The minimum Gasteiger partial charge on any atom is -0.481 e. The van der Waals surface area contributed by atoms with E-state index in [4.69, 9.17) is 15.3 Å². The maximum Gasteiger partial charge on any atom is 0.326 e. The molecule has 1 rings (SSSR count). The SMILES string of the molecule is O=C(O)CCC(NC(=O)N1CCCC1CO)C(=O)O. The second kappa shape index (κ2) is 6.93. The van der Waals surface area contributed by atoms with Crippen LogP contribution in [-0.4, -0.2) is 63.4 Å². The van der Waals surface area contributed by atoms with Gasteiger partial charge in [-0.05, 0) is 19.3 Å². The molecule has 0 aromatic heterocycles. The van der Waals surface area contributed by atoms with Gasteiger partial charge in [0.15, 0.2) is 0 Å². The van der Waals surface area contributed by atoms with Crippen LogP contribution in [0.3, 0.4) is 0 Å². The Morgan fingerprint density at radius 3 is 2.53 bits per heavy atom. The first-order chi connectivity index (χ1) is 8.95. The third kappa shape index (κ3) is 4.40. The summed E-state index contributed by atoms with van der Waals surface area (Å²) in [6.07, 6.45) is 0.928. The monoisotopic (exact) mass is 274 g/mol. The summed E-state index contributed by atoms with van der Waals surface area (Å²) in [5.74, 6) is -2.38. The maximum absolute atomic E-state index is 11.9. The molecule has 0 saturated carbocycles. The summed E-state index contributed by atoms with van der Waals surface area (Å²) in [7, 11) is 0. The van der Waals surface area contributed by atoms with Crippen molar-refractivity contribution in [3.63, 3.8) is 0 Å². The van der Waals surface area contributed by atoms with Crippen molar-refractivity contribution in [1.82, 2.24) is 10.2 Å². The first-order valence-electron chi connectivity index (χ1n) is 6.08. The average Bonchev–Trinajstić information content (AvgIpc) is 2.81. The molecule has 0 radical (unpaired) electrons. The Hall–Kier alpha value is -1.83. The predicted molar refractivity (Wildman–Crippen MR) is 63.6 cm³/mol. The molecule has 1 saturated heterocycles. The number of urea groups is 1. The number of nitrogens with one attached hydrogen (secondary N) is 1. The van der Waals surface area contributed by atoms with E-state index >= 15 is 0 Å². The Balaban J connectivity index is 2.55. The molecule has 8 nitrogen and oxygen atoms in total. The van der Waals surface area contributed by atoms with Gasteiger partial charge in [0.1, 0.15) is 6.04 Å². The number of amides is 2. The number of likely N-dealkylation sites (tertiary alicyclic amines) is 1. The summed E-state index contributed by atoms with van der Waals surface area (Å²) < 4.78 is 0. The van der Waals surface area contributed by atoms with Gasteiger partial charge in [0, 0.05) is 13.0 Å². The summed E-state index contributed by atoms with van der Waals surface area (Å²) in [5.41, 5.74) is 0. The number of carboxylic acids is 2. The zero-order chi connectivity index (χ0) is 14.4. The number of nitrogens with zero attached hydrogens (tertiary/aromatic N) is 1. The van der Waals surface area contributed by atoms with Gasteiger partial charge in [0.05, 0.1) is 12.6 Å². The lowest BCUT2D eigenvalue weighted by Gasteiger charge is -2.25. The van der Waals surface area contributed by atoms with E-state index in [1.807, 2.05) is 0 Å². The van der Waals surface area contributed by atoms with Crippen molar-refractivity contribution in [3.05, 3.63) is 0 Å². The molecule has 8 heteroatoms. The van der Waals surface area contributed by atoms with Crippen molar-refractivity contribution in [3.8, 4) is 0 Å². The Morgan fingerprint density at radius 2 is 2.00 bits per heavy atom. The van der Waals surface area contributed by atoms with Crippen LogP contribution in [0, 0.1) is 0 Å². The van der Waals surface area contributed by atoms with Crippen LogP contribution in [0.2, 0.25) is 0 Å². The van der Waals surface area contributed by atoms with Crippen LogP contribution in [0.25, 0.3) is 0 Å². The van der Waals surface area contributed by atoms with Crippen molar-refractivity contribution in [2.24, 2.45) is 0 Å². The minimum atomic E-state index is -1.27. The van der Waals surface area contributed by atoms with Crippen LogP contribution in [0.4, 0.5) is 4.79 Å². The lowest BCUT2D eigenvalue weighted by molar-refractivity contribution is -0.140. The fraction of sp³-hybridized carbons (Fsp3) is 0.727. The van der Waals surface area contributed by atoms with Crippen LogP contribution >= 0.6 is 0 Å². The Bertz CT molecular complexity index is 359. The van der Waals surface area contributed by atoms with Gasteiger partial charge >= 0.3 is 18.0 Å². The average molecular weight is 274 g/mol. The van der Waals surface area contributed by atoms with E-state index in [2.05, 4.69) is 5.32 Å². The third-order valence-corrected chi connectivity index (χ3v) is 3.09. The number of hydrogen-bond donors (Lipinski definition) is 4. The van der Waals surface area contributed by atoms with Gasteiger partial charge in [-0.25, -0.2) is 9.59 Å². The molecule has 0 aromatic rings. The lowest BCUT2D eigenvalue weighted by atomic mass is 10.1. The van der Waals surface area contributed by atoms with Crippen LogP contribution in [0.15, 0.2) is 0 Å². The summed E-state index contributed by atoms with van der Waals surface area (Å²) in [5, 5.41) is 28.8. The highest BCUT2D eigenvalue weighted by atomic mass is 16.4. The standard InChI is InChI=1S/C11H18N2O6/c14-6-7-2-1-5-13(7)11(19)12-8(10(17)18)3-4-9(15)16/h7-8,14H,1-6H2,(H,12,19)(H,15,16)(H,17,18). The van der Waals surface area contributed by atoms with Gasteiger partial charge in [0.2, 0.25) is 0 Å². The molecule has 0 spiro atoms. The zero-order valence-corrected chi connectivity index (χ0v) is 10.4. The second-order valence-electron chi connectivity index (χ2n) is 4.44. The molecule has 0 bridgehead atoms. The van der Waals surface area contributed by atoms with Crippen molar-refractivity contribution in [1.29, 1.82) is 0 Å². The summed E-state index contributed by atoms with van der Waals surface area (Å²) >= 11 is 0. The van der Waals surface area contributed by atoms with E-state index in [0.717, 1.165) is 6.42 Å². The topological polar surface area (TPSA) is 127 Å². The molecule has 1 aliphatic rings. The summed E-state index contributed by atoms with van der Waals surface area (Å²) in [6.45, 7) is 0.294. The van der Waals surface area contributed by atoms with Gasteiger partial charge in [-0.2, -0.15) is 0 Å². The van der Waals surface area contributed by atoms with Crippen molar-refractivity contribution in [2.75, 3.05) is 13.2 Å². The fourth-order valence-corrected chi connectivity index (χ4v) is 2.05. The number of carbonyl (C=O) groups excluding carboxylic acids is 1. The molecule has 108 valence electrons. The van der Waals surface area contributed by atoms with E-state index in [0.29, 0.717) is 13.0 Å².